The summed E-state index contributed by atoms with van der Waals surface area (Å²) >= 11 is 0. The van der Waals surface area contributed by atoms with Gasteiger partial charge in [-0.3, -0.25) is 25.0 Å². The fraction of sp³-hybridized carbons (Fsp3) is 0.238. The van der Waals surface area contributed by atoms with Crippen molar-refractivity contribution in [2.75, 3.05) is 0 Å². The highest BCUT2D eigenvalue weighted by molar-refractivity contribution is 5.90. The number of fused-ring (bicyclic) bond motifs is 3. The van der Waals surface area contributed by atoms with Crippen molar-refractivity contribution in [3.63, 3.8) is 0 Å². The number of aliphatic carboxylic acids is 1. The van der Waals surface area contributed by atoms with Gasteiger partial charge in [-0.2, -0.15) is 0 Å². The first kappa shape index (κ1) is 19.6. The van der Waals surface area contributed by atoms with Crippen LogP contribution < -0.4 is 10.6 Å². The van der Waals surface area contributed by atoms with Crippen LogP contribution in [0.25, 0.3) is 10.9 Å². The number of nitro groups is 1. The maximum absolute atomic E-state index is 12.8. The van der Waals surface area contributed by atoms with Crippen molar-refractivity contribution in [2.24, 2.45) is 0 Å². The topological polar surface area (TPSA) is 137 Å². The molecule has 0 bridgehead atoms. The third-order valence-electron chi connectivity index (χ3n) is 5.39. The average Bonchev–Trinajstić information content (AvgIpc) is 3.11. The zero-order valence-corrected chi connectivity index (χ0v) is 16.1. The Balaban J connectivity index is 1.74. The summed E-state index contributed by atoms with van der Waals surface area (Å²) in [5.74, 6) is -1.52. The molecule has 1 amide bonds. The number of carboxylic acids is 1. The van der Waals surface area contributed by atoms with Gasteiger partial charge in [0.2, 0.25) is 5.91 Å². The number of aromatic amines is 1. The fourth-order valence-corrected chi connectivity index (χ4v) is 3.83. The molecular formula is C21H20N4O5. The Hall–Kier alpha value is -3.72. The highest BCUT2D eigenvalue weighted by atomic mass is 16.6. The van der Waals surface area contributed by atoms with Crippen molar-refractivity contribution in [3.05, 3.63) is 75.5 Å². The molecule has 9 nitrogen and oxygen atoms in total. The molecule has 0 aliphatic carbocycles. The molecule has 3 aromatic rings. The molecule has 1 aromatic heterocycles. The van der Waals surface area contributed by atoms with Crippen LogP contribution in [-0.2, 0) is 16.0 Å². The zero-order chi connectivity index (χ0) is 21.4. The van der Waals surface area contributed by atoms with Crippen molar-refractivity contribution < 1.29 is 19.6 Å². The van der Waals surface area contributed by atoms with Gasteiger partial charge in [-0.1, -0.05) is 30.3 Å². The second kappa shape index (κ2) is 7.60. The predicted octanol–water partition coefficient (Wildman–Crippen LogP) is 2.27. The monoisotopic (exact) mass is 408 g/mol. The lowest BCUT2D eigenvalue weighted by Gasteiger charge is -2.31. The van der Waals surface area contributed by atoms with Crippen LogP contribution in [0.15, 0.2) is 48.5 Å². The molecule has 1 aliphatic heterocycles. The second-order valence-corrected chi connectivity index (χ2v) is 7.34. The fourth-order valence-electron chi connectivity index (χ4n) is 3.83. The molecule has 2 aromatic carbocycles. The van der Waals surface area contributed by atoms with E-state index in [1.807, 2.05) is 24.3 Å². The van der Waals surface area contributed by atoms with E-state index in [-0.39, 0.29) is 5.69 Å². The Kier molecular flexibility index (Phi) is 4.96. The standard InChI is InChI=1S/C21H20N4O5/c1-11(21(27)28)22-20(26)17-10-15-14-4-2-3-5-16(14)23-19(15)18(24-17)12-6-8-13(9-7-12)25(29)30/h2-9,11,17-18,23-24H,10H2,1H3,(H,22,26)(H,27,28)/t11-,17-,18+/m0/s1. The number of rotatable bonds is 5. The predicted molar refractivity (Wildman–Crippen MR) is 109 cm³/mol. The number of nitrogens with one attached hydrogen (secondary N) is 3. The summed E-state index contributed by atoms with van der Waals surface area (Å²) < 4.78 is 0. The van der Waals surface area contributed by atoms with Gasteiger partial charge in [0, 0.05) is 28.7 Å². The van der Waals surface area contributed by atoms with E-state index in [0.717, 1.165) is 27.7 Å². The third-order valence-corrected chi connectivity index (χ3v) is 5.39. The average molecular weight is 408 g/mol. The van der Waals surface area contributed by atoms with Crippen LogP contribution >= 0.6 is 0 Å². The first-order chi connectivity index (χ1) is 14.3. The highest BCUT2D eigenvalue weighted by Crippen LogP contribution is 2.35. The van der Waals surface area contributed by atoms with Gasteiger partial charge in [0.25, 0.3) is 5.69 Å². The third kappa shape index (κ3) is 3.50. The molecule has 154 valence electrons. The van der Waals surface area contributed by atoms with Crippen LogP contribution in [0.3, 0.4) is 0 Å². The number of amides is 1. The lowest BCUT2D eigenvalue weighted by molar-refractivity contribution is -0.384. The summed E-state index contributed by atoms with van der Waals surface area (Å²) in [4.78, 5) is 37.8. The maximum atomic E-state index is 12.8. The molecule has 0 unspecified atom stereocenters. The molecular weight excluding hydrogens is 388 g/mol. The number of H-pyrrole nitrogens is 1. The van der Waals surface area contributed by atoms with Crippen LogP contribution in [0.2, 0.25) is 0 Å². The lowest BCUT2D eigenvalue weighted by atomic mass is 9.90. The van der Waals surface area contributed by atoms with E-state index in [1.165, 1.54) is 19.1 Å². The number of non-ortho nitro benzene ring substituents is 1. The smallest absolute Gasteiger partial charge is 0.325 e. The van der Waals surface area contributed by atoms with Crippen molar-refractivity contribution in [1.82, 2.24) is 15.6 Å². The van der Waals surface area contributed by atoms with Gasteiger partial charge in [-0.25, -0.2) is 0 Å². The van der Waals surface area contributed by atoms with E-state index in [4.69, 9.17) is 5.11 Å². The van der Waals surface area contributed by atoms with Crippen LogP contribution in [-0.4, -0.2) is 39.0 Å². The number of benzene rings is 2. The number of aromatic nitrogens is 1. The molecule has 4 N–H and O–H groups in total. The molecule has 0 saturated heterocycles. The number of hydrogen-bond acceptors (Lipinski definition) is 5. The quantitative estimate of drug-likeness (QED) is 0.377. The maximum Gasteiger partial charge on any atom is 0.325 e. The SMILES string of the molecule is C[C@H](NC(=O)[C@@H]1Cc2c([nH]c3ccccc23)[C@@H](c2ccc([N+](=O)[O-])cc2)N1)C(=O)O. The summed E-state index contributed by atoms with van der Waals surface area (Å²) in [6, 6.07) is 11.8. The highest BCUT2D eigenvalue weighted by Gasteiger charge is 2.34. The van der Waals surface area contributed by atoms with Crippen LogP contribution in [0.4, 0.5) is 5.69 Å². The molecule has 0 fully saturated rings. The molecule has 4 rings (SSSR count). The number of para-hydroxylation sites is 1. The van der Waals surface area contributed by atoms with Crippen molar-refractivity contribution >= 4 is 28.5 Å². The molecule has 0 spiro atoms. The van der Waals surface area contributed by atoms with Crippen LogP contribution in [0.1, 0.15) is 29.8 Å². The van der Waals surface area contributed by atoms with Gasteiger partial charge < -0.3 is 15.4 Å². The van der Waals surface area contributed by atoms with E-state index in [1.54, 1.807) is 12.1 Å². The Labute approximate surface area is 171 Å². The minimum Gasteiger partial charge on any atom is -0.480 e. The van der Waals surface area contributed by atoms with Gasteiger partial charge in [0.15, 0.2) is 0 Å². The molecule has 30 heavy (non-hydrogen) atoms. The van der Waals surface area contributed by atoms with E-state index < -0.39 is 34.9 Å². The summed E-state index contributed by atoms with van der Waals surface area (Å²) in [6.07, 6.45) is 0.390. The Bertz CT molecular complexity index is 1140. The van der Waals surface area contributed by atoms with Gasteiger partial charge in [-0.15, -0.1) is 0 Å². The van der Waals surface area contributed by atoms with E-state index in [0.29, 0.717) is 6.42 Å². The Morgan fingerprint density at radius 2 is 1.90 bits per heavy atom. The molecule has 1 aliphatic rings. The van der Waals surface area contributed by atoms with E-state index >= 15 is 0 Å². The van der Waals surface area contributed by atoms with Crippen molar-refractivity contribution in [3.8, 4) is 0 Å². The first-order valence-electron chi connectivity index (χ1n) is 9.48. The minimum absolute atomic E-state index is 0.0176. The Morgan fingerprint density at radius 3 is 2.57 bits per heavy atom. The minimum atomic E-state index is -1.11. The summed E-state index contributed by atoms with van der Waals surface area (Å²) in [5, 5.41) is 26.9. The summed E-state index contributed by atoms with van der Waals surface area (Å²) in [5.41, 5.74) is 3.53. The van der Waals surface area contributed by atoms with Gasteiger partial charge in [-0.05, 0) is 30.5 Å². The lowest BCUT2D eigenvalue weighted by Crippen LogP contribution is -2.52. The zero-order valence-electron chi connectivity index (χ0n) is 16.1. The largest absolute Gasteiger partial charge is 0.480 e. The second-order valence-electron chi connectivity index (χ2n) is 7.34. The number of hydrogen-bond donors (Lipinski definition) is 4. The molecule has 9 heteroatoms. The number of nitro benzene ring substituents is 1. The van der Waals surface area contributed by atoms with Crippen molar-refractivity contribution in [2.45, 2.75) is 31.5 Å². The van der Waals surface area contributed by atoms with Gasteiger partial charge >= 0.3 is 5.97 Å². The summed E-state index contributed by atoms with van der Waals surface area (Å²) in [7, 11) is 0. The first-order valence-corrected chi connectivity index (χ1v) is 9.48. The van der Waals surface area contributed by atoms with Crippen LogP contribution in [0.5, 0.6) is 0 Å². The number of nitrogens with zero attached hydrogens (tertiary/aromatic N) is 1. The number of carbonyl (C=O) groups excluding carboxylic acids is 1. The molecule has 3 atom stereocenters. The van der Waals surface area contributed by atoms with E-state index in [2.05, 4.69) is 15.6 Å². The van der Waals surface area contributed by atoms with Crippen LogP contribution in [0, 0.1) is 10.1 Å². The number of carbonyl (C=O) groups is 2. The summed E-state index contributed by atoms with van der Waals surface area (Å²) in [6.45, 7) is 1.41. The number of carboxylic acid groups (broad SMARTS) is 1. The Morgan fingerprint density at radius 1 is 1.20 bits per heavy atom. The van der Waals surface area contributed by atoms with Gasteiger partial charge in [0.05, 0.1) is 17.0 Å². The normalized spacial score (nSPS) is 19.1. The van der Waals surface area contributed by atoms with E-state index in [9.17, 15) is 19.7 Å². The van der Waals surface area contributed by atoms with Crippen molar-refractivity contribution in [1.29, 1.82) is 0 Å². The molecule has 0 radical (unpaired) electrons. The molecule has 2 heterocycles. The molecule has 0 saturated carbocycles. The van der Waals surface area contributed by atoms with Gasteiger partial charge in [0.1, 0.15) is 6.04 Å².